The first-order valence-corrected chi connectivity index (χ1v) is 18.0. The zero-order valence-corrected chi connectivity index (χ0v) is 28.8. The molecule has 0 saturated carbocycles. The molecule has 0 unspecified atom stereocenters. The smallest absolute Gasteiger partial charge is 0.420 e. The molecule has 3 amide bonds. The number of aromatic amines is 1. The van der Waals surface area contributed by atoms with E-state index in [4.69, 9.17) is 11.6 Å². The van der Waals surface area contributed by atoms with Crippen LogP contribution in [-0.2, 0) is 17.4 Å². The average Bonchev–Trinajstić information content (AvgIpc) is 3.48. The van der Waals surface area contributed by atoms with E-state index in [1.807, 2.05) is 24.3 Å². The topological polar surface area (TPSA) is 127 Å². The summed E-state index contributed by atoms with van der Waals surface area (Å²) < 4.78 is 42.9. The number of phenolic OH excluding ortho intramolecular Hbond substituents is 1. The van der Waals surface area contributed by atoms with E-state index < -0.39 is 34.6 Å². The number of hydrogen-bond donors (Lipinski definition) is 3. The molecule has 3 N–H and O–H groups in total. The van der Waals surface area contributed by atoms with Gasteiger partial charge in [-0.05, 0) is 75.4 Å². The molecule has 3 saturated heterocycles. The highest BCUT2D eigenvalue weighted by molar-refractivity contribution is 6.32. The van der Waals surface area contributed by atoms with Crippen LogP contribution in [0.25, 0.3) is 21.9 Å². The van der Waals surface area contributed by atoms with E-state index in [0.717, 1.165) is 55.7 Å². The number of phenols is 1. The van der Waals surface area contributed by atoms with Gasteiger partial charge >= 0.3 is 17.9 Å². The molecule has 3 aliphatic heterocycles. The number of aromatic hydroxyl groups is 1. The van der Waals surface area contributed by atoms with E-state index in [-0.39, 0.29) is 29.6 Å². The van der Waals surface area contributed by atoms with Crippen molar-refractivity contribution in [3.8, 4) is 5.75 Å². The van der Waals surface area contributed by atoms with Crippen molar-refractivity contribution in [3.05, 3.63) is 69.2 Å². The Bertz CT molecular complexity index is 1980. The zero-order valence-electron chi connectivity index (χ0n) is 28.1. The maximum absolute atomic E-state index is 14.0. The summed E-state index contributed by atoms with van der Waals surface area (Å²) in [7, 11) is 0. The zero-order chi connectivity index (χ0) is 35.9. The molecule has 0 spiro atoms. The lowest BCUT2D eigenvalue weighted by Crippen LogP contribution is -2.56. The van der Waals surface area contributed by atoms with Crippen LogP contribution < -0.4 is 11.0 Å². The van der Waals surface area contributed by atoms with Crippen LogP contribution in [0, 0.1) is 0 Å². The number of carbonyl (C=O) groups is 2. The summed E-state index contributed by atoms with van der Waals surface area (Å²) >= 11 is 6.01. The number of aromatic nitrogens is 3. The second-order valence-electron chi connectivity index (χ2n) is 13.9. The number of piperidine rings is 3. The van der Waals surface area contributed by atoms with Crippen LogP contribution in [0.15, 0.2) is 47.4 Å². The standard InChI is InChI=1S/C36H41ClF3N7O4/c37-27-19-22(18-26(32(27)48)36(38,39)40)20-29(33(49)45-14-8-23(9-15-45)44-12-4-1-5-13-44)42-34(50)46-16-10-24(11-17-46)47-30-21-41-28-7-3-2-6-25(28)31(30)43-35(47)51/h2-3,6-7,18-19,21,23-24,29,48H,1,4-5,8-17,20H2,(H,42,50)(H,43,51)/t29-/m1/s1. The number of H-pyrrole nitrogens is 1. The predicted octanol–water partition coefficient (Wildman–Crippen LogP) is 5.69. The third-order valence-corrected chi connectivity index (χ3v) is 11.0. The first kappa shape index (κ1) is 35.1. The summed E-state index contributed by atoms with van der Waals surface area (Å²) in [4.78, 5) is 54.1. The number of nitrogens with one attached hydrogen (secondary N) is 2. The second-order valence-corrected chi connectivity index (χ2v) is 14.3. The fraction of sp³-hybridized carbons (Fsp3) is 0.500. The number of alkyl halides is 3. The lowest BCUT2D eigenvalue weighted by Gasteiger charge is -2.41. The van der Waals surface area contributed by atoms with Gasteiger partial charge in [0.2, 0.25) is 5.91 Å². The first-order chi connectivity index (χ1) is 24.5. The number of halogens is 4. The number of likely N-dealkylation sites (tertiary alicyclic amines) is 3. The van der Waals surface area contributed by atoms with Crippen molar-refractivity contribution in [2.24, 2.45) is 0 Å². The summed E-state index contributed by atoms with van der Waals surface area (Å²) in [5.74, 6) is -1.46. The van der Waals surface area contributed by atoms with Gasteiger partial charge in [-0.25, -0.2) is 9.59 Å². The number of hydrogen-bond acceptors (Lipinski definition) is 6. The Morgan fingerprint density at radius 1 is 0.961 bits per heavy atom. The third-order valence-electron chi connectivity index (χ3n) is 10.7. The highest BCUT2D eigenvalue weighted by Crippen LogP contribution is 2.40. The average molecular weight is 728 g/mol. The van der Waals surface area contributed by atoms with E-state index in [1.54, 1.807) is 20.6 Å². The van der Waals surface area contributed by atoms with Gasteiger partial charge in [-0.3, -0.25) is 14.3 Å². The largest absolute Gasteiger partial charge is 0.506 e. The van der Waals surface area contributed by atoms with Gasteiger partial charge in [-0.2, -0.15) is 13.2 Å². The van der Waals surface area contributed by atoms with Crippen LogP contribution in [0.2, 0.25) is 5.02 Å². The van der Waals surface area contributed by atoms with Crippen molar-refractivity contribution in [2.75, 3.05) is 39.3 Å². The van der Waals surface area contributed by atoms with E-state index in [1.165, 1.54) is 12.5 Å². The highest BCUT2D eigenvalue weighted by atomic mass is 35.5. The number of rotatable bonds is 6. The van der Waals surface area contributed by atoms with Crippen LogP contribution in [0.3, 0.4) is 0 Å². The maximum atomic E-state index is 14.0. The molecule has 0 aliphatic carbocycles. The number of amides is 3. The monoisotopic (exact) mass is 727 g/mol. The Morgan fingerprint density at radius 3 is 2.33 bits per heavy atom. The molecule has 0 radical (unpaired) electrons. The minimum atomic E-state index is -4.87. The summed E-state index contributed by atoms with van der Waals surface area (Å²) in [5.41, 5.74) is 0.654. The van der Waals surface area contributed by atoms with Crippen LogP contribution >= 0.6 is 11.6 Å². The molecule has 3 fully saturated rings. The van der Waals surface area contributed by atoms with E-state index in [2.05, 4.69) is 20.2 Å². The van der Waals surface area contributed by atoms with E-state index >= 15 is 0 Å². The van der Waals surface area contributed by atoms with Crippen LogP contribution in [-0.4, -0.2) is 97.6 Å². The van der Waals surface area contributed by atoms with Gasteiger partial charge in [0, 0.05) is 50.1 Å². The number of imidazole rings is 1. The van der Waals surface area contributed by atoms with Gasteiger partial charge in [-0.1, -0.05) is 36.2 Å². The minimum Gasteiger partial charge on any atom is -0.506 e. The van der Waals surface area contributed by atoms with Crippen molar-refractivity contribution < 1.29 is 27.9 Å². The third kappa shape index (κ3) is 7.25. The number of benzene rings is 2. The molecule has 3 aliphatic rings. The number of fused-ring (bicyclic) bond motifs is 3. The maximum Gasteiger partial charge on any atom is 0.420 e. The number of urea groups is 1. The quantitative estimate of drug-likeness (QED) is 0.234. The fourth-order valence-electron chi connectivity index (χ4n) is 8.03. The van der Waals surface area contributed by atoms with Gasteiger partial charge in [0.15, 0.2) is 0 Å². The molecule has 51 heavy (non-hydrogen) atoms. The Balaban J connectivity index is 1.07. The van der Waals surface area contributed by atoms with Crippen molar-refractivity contribution >= 4 is 45.5 Å². The summed E-state index contributed by atoms with van der Waals surface area (Å²) in [6, 6.07) is 8.01. The van der Waals surface area contributed by atoms with E-state index in [9.17, 15) is 32.7 Å². The molecule has 0 bridgehead atoms. The van der Waals surface area contributed by atoms with Crippen LogP contribution in [0.4, 0.5) is 18.0 Å². The lowest BCUT2D eigenvalue weighted by atomic mass is 9.97. The molecule has 1 atom stereocenters. The van der Waals surface area contributed by atoms with Gasteiger partial charge in [0.05, 0.1) is 33.3 Å². The summed E-state index contributed by atoms with van der Waals surface area (Å²) in [6.07, 6.45) is 2.60. The molecule has 2 aromatic heterocycles. The second kappa shape index (κ2) is 14.4. The Hall–Kier alpha value is -4.30. The Labute approximate surface area is 297 Å². The molecular formula is C36H41ClF3N7O4. The molecular weight excluding hydrogens is 687 g/mol. The molecule has 11 nitrogen and oxygen atoms in total. The molecule has 7 rings (SSSR count). The fourth-order valence-corrected chi connectivity index (χ4v) is 8.27. The van der Waals surface area contributed by atoms with Gasteiger partial charge < -0.3 is 30.1 Å². The number of nitrogens with zero attached hydrogens (tertiary/aromatic N) is 5. The van der Waals surface area contributed by atoms with Crippen molar-refractivity contribution in [3.63, 3.8) is 0 Å². The SMILES string of the molecule is O=C(N[C@H](Cc1cc(Cl)c(O)c(C(F)(F)F)c1)C(=O)N1CCC(N2CCCCC2)CC1)N1CCC(n2c(=O)[nH]c3c4ccccc4ncc32)CC1. The van der Waals surface area contributed by atoms with Gasteiger partial charge in [0.25, 0.3) is 0 Å². The summed E-state index contributed by atoms with van der Waals surface area (Å²) in [6.45, 7) is 3.63. The normalized spacial score (nSPS) is 19.1. The van der Waals surface area contributed by atoms with Crippen LogP contribution in [0.5, 0.6) is 5.75 Å². The molecule has 4 aromatic rings. The van der Waals surface area contributed by atoms with E-state index in [0.29, 0.717) is 56.1 Å². The molecule has 15 heteroatoms. The minimum absolute atomic E-state index is 0.0607. The van der Waals surface area contributed by atoms with Gasteiger partial charge in [-0.15, -0.1) is 0 Å². The summed E-state index contributed by atoms with van der Waals surface area (Å²) in [5, 5.41) is 13.2. The van der Waals surface area contributed by atoms with Crippen molar-refractivity contribution in [1.29, 1.82) is 0 Å². The molecule has 5 heterocycles. The number of para-hydroxylation sites is 1. The predicted molar refractivity (Wildman–Crippen MR) is 187 cm³/mol. The molecule has 2 aromatic carbocycles. The first-order valence-electron chi connectivity index (χ1n) is 17.6. The van der Waals surface area contributed by atoms with Gasteiger partial charge in [0.1, 0.15) is 11.8 Å². The Kier molecular flexibility index (Phi) is 9.90. The highest BCUT2D eigenvalue weighted by Gasteiger charge is 2.37. The van der Waals surface area contributed by atoms with Crippen molar-refractivity contribution in [1.82, 2.24) is 34.6 Å². The number of pyridine rings is 1. The van der Waals surface area contributed by atoms with Crippen LogP contribution in [0.1, 0.15) is 62.1 Å². The number of carbonyl (C=O) groups excluding carboxylic acids is 2. The van der Waals surface area contributed by atoms with Crippen molar-refractivity contribution in [2.45, 2.75) is 75.7 Å². The Morgan fingerprint density at radius 2 is 1.63 bits per heavy atom. The molecule has 272 valence electrons. The lowest BCUT2D eigenvalue weighted by molar-refractivity contribution is -0.138.